The first-order valence-electron chi connectivity index (χ1n) is 9.79. The lowest BCUT2D eigenvalue weighted by Crippen LogP contribution is -2.12. The highest BCUT2D eigenvalue weighted by Crippen LogP contribution is 2.41. The summed E-state index contributed by atoms with van der Waals surface area (Å²) in [7, 11) is 0. The van der Waals surface area contributed by atoms with Crippen LogP contribution in [-0.4, -0.2) is 11.7 Å². The number of rotatable bonds is 8. The topological polar surface area (TPSA) is 29.5 Å². The molecule has 0 bridgehead atoms. The number of ether oxygens (including phenoxy) is 1. The molecule has 140 valence electrons. The minimum atomic E-state index is 0.221. The highest BCUT2D eigenvalue weighted by molar-refractivity contribution is 5.41. The van der Waals surface area contributed by atoms with Gasteiger partial charge in [0.2, 0.25) is 0 Å². The molecule has 3 rings (SSSR count). The van der Waals surface area contributed by atoms with Crippen molar-refractivity contribution in [2.24, 2.45) is 0 Å². The van der Waals surface area contributed by atoms with Crippen LogP contribution in [-0.2, 0) is 0 Å². The highest BCUT2D eigenvalue weighted by atomic mass is 16.5. The van der Waals surface area contributed by atoms with Crippen LogP contribution in [0.1, 0.15) is 55.2 Å². The summed E-state index contributed by atoms with van der Waals surface area (Å²) in [5.74, 6) is 1.79. The molecule has 0 aliphatic carbocycles. The molecule has 2 atom stereocenters. The third-order valence-electron chi connectivity index (χ3n) is 5.03. The molecule has 2 nitrogen and oxygen atoms in total. The lowest BCUT2D eigenvalue weighted by molar-refractivity contribution is 0.317. The summed E-state index contributed by atoms with van der Waals surface area (Å²) in [5.41, 5.74) is 3.82. The smallest absolute Gasteiger partial charge is 0.119 e. The quantitative estimate of drug-likeness (QED) is 0.496. The van der Waals surface area contributed by atoms with E-state index in [2.05, 4.69) is 68.4 Å². The second-order valence-electron chi connectivity index (χ2n) is 6.91. The van der Waals surface area contributed by atoms with Crippen molar-refractivity contribution in [3.8, 4) is 11.5 Å². The lowest BCUT2D eigenvalue weighted by atomic mass is 9.76. The van der Waals surface area contributed by atoms with E-state index in [9.17, 15) is 5.11 Å². The second kappa shape index (κ2) is 9.27. The fourth-order valence-corrected chi connectivity index (χ4v) is 3.69. The van der Waals surface area contributed by atoms with Gasteiger partial charge < -0.3 is 9.84 Å². The van der Waals surface area contributed by atoms with Crippen LogP contribution < -0.4 is 4.74 Å². The van der Waals surface area contributed by atoms with Crippen molar-refractivity contribution in [2.75, 3.05) is 6.61 Å². The number of benzene rings is 3. The number of phenolic OH excluding ortho intramolecular Hbond substituents is 1. The van der Waals surface area contributed by atoms with Crippen LogP contribution in [0.4, 0.5) is 0 Å². The Morgan fingerprint density at radius 3 is 1.89 bits per heavy atom. The first kappa shape index (κ1) is 19.0. The second-order valence-corrected chi connectivity index (χ2v) is 6.91. The minimum Gasteiger partial charge on any atom is -0.508 e. The van der Waals surface area contributed by atoms with E-state index in [-0.39, 0.29) is 5.92 Å². The van der Waals surface area contributed by atoms with Crippen LogP contribution in [0, 0.1) is 0 Å². The van der Waals surface area contributed by atoms with E-state index < -0.39 is 0 Å². The fraction of sp³-hybridized carbons (Fsp3) is 0.280. The van der Waals surface area contributed by atoms with Crippen LogP contribution >= 0.6 is 0 Å². The van der Waals surface area contributed by atoms with Gasteiger partial charge in [0, 0.05) is 5.92 Å². The molecule has 0 spiro atoms. The molecule has 3 aromatic carbocycles. The summed E-state index contributed by atoms with van der Waals surface area (Å²) in [6.45, 7) is 5.09. The maximum absolute atomic E-state index is 9.72. The van der Waals surface area contributed by atoms with Crippen LogP contribution in [0.25, 0.3) is 0 Å². The molecule has 0 radical (unpaired) electrons. The Labute approximate surface area is 162 Å². The predicted octanol–water partition coefficient (Wildman–Crippen LogP) is 6.51. The largest absolute Gasteiger partial charge is 0.508 e. The molecule has 0 amide bonds. The summed E-state index contributed by atoms with van der Waals surface area (Å²) in [5, 5.41) is 9.72. The standard InChI is InChI=1S/C25H28O2/c1-3-18-27-23-16-12-21(13-17-23)25(20-10-14-22(26)15-11-20)24(4-2)19-8-6-5-7-9-19/h5-17,24-26H,3-4,18H2,1-2H3/t24-,25?/m0/s1. The number of hydrogen-bond donors (Lipinski definition) is 1. The van der Waals surface area contributed by atoms with Gasteiger partial charge in [-0.05, 0) is 59.7 Å². The lowest BCUT2D eigenvalue weighted by Gasteiger charge is -2.28. The Morgan fingerprint density at radius 2 is 1.33 bits per heavy atom. The third kappa shape index (κ3) is 4.71. The molecule has 0 aliphatic rings. The van der Waals surface area contributed by atoms with Crippen LogP contribution in [0.2, 0.25) is 0 Å². The maximum atomic E-state index is 9.72. The monoisotopic (exact) mass is 360 g/mol. The summed E-state index contributed by atoms with van der Waals surface area (Å²) in [6.07, 6.45) is 2.04. The van der Waals surface area contributed by atoms with E-state index in [0.29, 0.717) is 11.7 Å². The van der Waals surface area contributed by atoms with Crippen molar-refractivity contribution in [1.29, 1.82) is 0 Å². The molecule has 0 aromatic heterocycles. The maximum Gasteiger partial charge on any atom is 0.119 e. The molecule has 0 saturated heterocycles. The Morgan fingerprint density at radius 1 is 0.741 bits per heavy atom. The van der Waals surface area contributed by atoms with Crippen molar-refractivity contribution in [3.63, 3.8) is 0 Å². The van der Waals surface area contributed by atoms with E-state index in [1.54, 1.807) is 12.1 Å². The normalized spacial score (nSPS) is 13.1. The first-order chi connectivity index (χ1) is 13.2. The van der Waals surface area contributed by atoms with Gasteiger partial charge in [-0.2, -0.15) is 0 Å². The van der Waals surface area contributed by atoms with Gasteiger partial charge in [0.05, 0.1) is 6.61 Å². The van der Waals surface area contributed by atoms with E-state index in [1.165, 1.54) is 16.7 Å². The molecule has 0 heterocycles. The van der Waals surface area contributed by atoms with Crippen molar-refractivity contribution in [3.05, 3.63) is 95.6 Å². The van der Waals surface area contributed by atoms with Gasteiger partial charge >= 0.3 is 0 Å². The molecule has 3 aromatic rings. The van der Waals surface area contributed by atoms with Gasteiger partial charge in [-0.1, -0.05) is 68.4 Å². The molecule has 0 saturated carbocycles. The summed E-state index contributed by atoms with van der Waals surface area (Å²) in [6, 6.07) is 26.8. The molecular weight excluding hydrogens is 332 g/mol. The molecular formula is C25H28O2. The summed E-state index contributed by atoms with van der Waals surface area (Å²) < 4.78 is 5.75. The first-order valence-corrected chi connectivity index (χ1v) is 9.79. The van der Waals surface area contributed by atoms with Gasteiger partial charge in [0.25, 0.3) is 0 Å². The van der Waals surface area contributed by atoms with Crippen molar-refractivity contribution >= 4 is 0 Å². The minimum absolute atomic E-state index is 0.221. The molecule has 1 N–H and O–H groups in total. The Bertz CT molecular complexity index is 807. The molecule has 0 aliphatic heterocycles. The van der Waals surface area contributed by atoms with Gasteiger partial charge in [0.15, 0.2) is 0 Å². The third-order valence-corrected chi connectivity index (χ3v) is 5.03. The Balaban J connectivity index is 2.00. The Hall–Kier alpha value is -2.74. The average Bonchev–Trinajstić information content (AvgIpc) is 2.72. The predicted molar refractivity (Wildman–Crippen MR) is 112 cm³/mol. The average molecular weight is 360 g/mol. The number of phenols is 1. The van der Waals surface area contributed by atoms with Gasteiger partial charge in [-0.25, -0.2) is 0 Å². The van der Waals surface area contributed by atoms with Crippen LogP contribution in [0.5, 0.6) is 11.5 Å². The van der Waals surface area contributed by atoms with Crippen LogP contribution in [0.3, 0.4) is 0 Å². The zero-order valence-electron chi connectivity index (χ0n) is 16.1. The van der Waals surface area contributed by atoms with Crippen molar-refractivity contribution in [2.45, 2.75) is 38.5 Å². The van der Waals surface area contributed by atoms with Crippen LogP contribution in [0.15, 0.2) is 78.9 Å². The van der Waals surface area contributed by atoms with Crippen molar-refractivity contribution < 1.29 is 9.84 Å². The summed E-state index contributed by atoms with van der Waals surface area (Å²) >= 11 is 0. The zero-order chi connectivity index (χ0) is 19.1. The zero-order valence-corrected chi connectivity index (χ0v) is 16.1. The SMILES string of the molecule is CCCOc1ccc(C(c2ccc(O)cc2)[C@@H](CC)c2ccccc2)cc1. The molecule has 27 heavy (non-hydrogen) atoms. The van der Waals surface area contributed by atoms with Crippen molar-refractivity contribution in [1.82, 2.24) is 0 Å². The number of aromatic hydroxyl groups is 1. The number of hydrogen-bond acceptors (Lipinski definition) is 2. The molecule has 1 unspecified atom stereocenters. The van der Waals surface area contributed by atoms with E-state index >= 15 is 0 Å². The fourth-order valence-electron chi connectivity index (χ4n) is 3.69. The van der Waals surface area contributed by atoms with E-state index in [1.807, 2.05) is 12.1 Å². The van der Waals surface area contributed by atoms with Gasteiger partial charge in [-0.15, -0.1) is 0 Å². The molecule has 0 fully saturated rings. The highest BCUT2D eigenvalue weighted by Gasteiger charge is 2.25. The van der Waals surface area contributed by atoms with Gasteiger partial charge in [0.1, 0.15) is 11.5 Å². The Kier molecular flexibility index (Phi) is 6.54. The van der Waals surface area contributed by atoms with E-state index in [4.69, 9.17) is 4.74 Å². The van der Waals surface area contributed by atoms with E-state index in [0.717, 1.165) is 25.2 Å². The van der Waals surface area contributed by atoms with Gasteiger partial charge in [-0.3, -0.25) is 0 Å². The summed E-state index contributed by atoms with van der Waals surface area (Å²) in [4.78, 5) is 0. The molecule has 2 heteroatoms.